The Morgan fingerprint density at radius 1 is 1.19 bits per heavy atom. The highest BCUT2D eigenvalue weighted by Gasteiger charge is 2.50. The summed E-state index contributed by atoms with van der Waals surface area (Å²) in [5.74, 6) is -1.27. The van der Waals surface area contributed by atoms with Crippen LogP contribution in [-0.2, 0) is 21.7 Å². The Labute approximate surface area is 157 Å². The highest BCUT2D eigenvalue weighted by atomic mass is 32.1. The number of urea groups is 2. The Kier molecular flexibility index (Phi) is 5.05. The van der Waals surface area contributed by atoms with Crippen molar-refractivity contribution in [3.63, 3.8) is 0 Å². The third-order valence-corrected chi connectivity index (χ3v) is 5.81. The molecule has 2 aromatic rings. The molecule has 1 saturated heterocycles. The number of carbonyl (C=O) groups is 4. The fourth-order valence-corrected chi connectivity index (χ4v) is 3.98. The largest absolute Gasteiger partial charge is 0.333 e. The van der Waals surface area contributed by atoms with E-state index in [0.717, 1.165) is 9.78 Å². The Balaban J connectivity index is 1.56. The highest BCUT2D eigenvalue weighted by Crippen LogP contribution is 2.31. The summed E-state index contributed by atoms with van der Waals surface area (Å²) in [6.07, 6.45) is 0. The molecule has 0 aromatic carbocycles. The molecule has 10 heteroatoms. The topological polar surface area (TPSA) is 108 Å². The highest BCUT2D eigenvalue weighted by molar-refractivity contribution is 7.10. The van der Waals surface area contributed by atoms with Gasteiger partial charge in [0.25, 0.3) is 5.91 Å². The molecule has 6 amide bonds. The van der Waals surface area contributed by atoms with Gasteiger partial charge in [-0.15, -0.1) is 22.7 Å². The molecule has 3 heterocycles. The van der Waals surface area contributed by atoms with Crippen LogP contribution in [0.25, 0.3) is 0 Å². The lowest BCUT2D eigenvalue weighted by Crippen LogP contribution is -2.46. The van der Waals surface area contributed by atoms with Crippen LogP contribution in [0.2, 0.25) is 0 Å². The van der Waals surface area contributed by atoms with E-state index in [1.165, 1.54) is 22.7 Å². The van der Waals surface area contributed by atoms with Gasteiger partial charge in [-0.2, -0.15) is 0 Å². The first-order valence-corrected chi connectivity index (χ1v) is 9.44. The molecule has 3 rings (SSSR count). The summed E-state index contributed by atoms with van der Waals surface area (Å²) in [5, 5.41) is 10.9. The van der Waals surface area contributed by atoms with E-state index in [-0.39, 0.29) is 6.54 Å². The molecule has 2 aromatic heterocycles. The van der Waals surface area contributed by atoms with Crippen molar-refractivity contribution in [3.8, 4) is 0 Å². The van der Waals surface area contributed by atoms with Crippen LogP contribution in [0.5, 0.6) is 0 Å². The van der Waals surface area contributed by atoms with Gasteiger partial charge in [0, 0.05) is 9.75 Å². The predicted molar refractivity (Wildman–Crippen MR) is 96.6 cm³/mol. The van der Waals surface area contributed by atoms with Crippen LogP contribution in [0.1, 0.15) is 16.7 Å². The number of hydrogen-bond acceptors (Lipinski definition) is 6. The first-order valence-electron chi connectivity index (χ1n) is 7.68. The summed E-state index contributed by atoms with van der Waals surface area (Å²) in [7, 11) is 0. The van der Waals surface area contributed by atoms with Crippen LogP contribution >= 0.6 is 22.7 Å². The molecule has 0 bridgehead atoms. The molecule has 0 radical (unpaired) electrons. The van der Waals surface area contributed by atoms with E-state index in [1.807, 2.05) is 17.5 Å². The summed E-state index contributed by atoms with van der Waals surface area (Å²) in [5.41, 5.74) is -1.20. The Morgan fingerprint density at radius 3 is 2.58 bits per heavy atom. The summed E-state index contributed by atoms with van der Waals surface area (Å²) in [6.45, 7) is 1.35. The summed E-state index contributed by atoms with van der Waals surface area (Å²) in [6, 6.07) is 5.87. The molecule has 3 N–H and O–H groups in total. The van der Waals surface area contributed by atoms with Crippen molar-refractivity contribution in [2.75, 3.05) is 6.54 Å². The maximum Gasteiger partial charge on any atom is 0.325 e. The second-order valence-electron chi connectivity index (χ2n) is 5.73. The summed E-state index contributed by atoms with van der Waals surface area (Å²) >= 11 is 2.81. The van der Waals surface area contributed by atoms with Gasteiger partial charge in [0.05, 0.1) is 6.54 Å². The number of imide groups is 2. The maximum absolute atomic E-state index is 12.6. The second-order valence-corrected chi connectivity index (χ2v) is 7.71. The van der Waals surface area contributed by atoms with Gasteiger partial charge in [-0.25, -0.2) is 9.59 Å². The molecule has 0 aliphatic carbocycles. The molecule has 26 heavy (non-hydrogen) atoms. The van der Waals surface area contributed by atoms with Crippen molar-refractivity contribution in [2.24, 2.45) is 0 Å². The molecule has 1 fully saturated rings. The van der Waals surface area contributed by atoms with E-state index in [4.69, 9.17) is 0 Å². The van der Waals surface area contributed by atoms with Crippen LogP contribution in [-0.4, -0.2) is 35.3 Å². The van der Waals surface area contributed by atoms with Gasteiger partial charge in [0.15, 0.2) is 5.54 Å². The zero-order chi connectivity index (χ0) is 18.7. The van der Waals surface area contributed by atoms with Crippen LogP contribution in [0.4, 0.5) is 9.59 Å². The first kappa shape index (κ1) is 18.1. The Morgan fingerprint density at radius 2 is 1.92 bits per heavy atom. The zero-order valence-electron chi connectivity index (χ0n) is 13.8. The quantitative estimate of drug-likeness (QED) is 0.672. The van der Waals surface area contributed by atoms with E-state index in [9.17, 15) is 19.2 Å². The second kappa shape index (κ2) is 7.26. The fraction of sp³-hybridized carbons (Fsp3) is 0.250. The van der Waals surface area contributed by atoms with E-state index in [2.05, 4.69) is 16.0 Å². The number of hydrogen-bond donors (Lipinski definition) is 3. The van der Waals surface area contributed by atoms with Gasteiger partial charge in [-0.1, -0.05) is 12.1 Å². The molecule has 0 saturated carbocycles. The molecule has 8 nitrogen and oxygen atoms in total. The van der Waals surface area contributed by atoms with Gasteiger partial charge in [0.1, 0.15) is 6.54 Å². The monoisotopic (exact) mass is 392 g/mol. The van der Waals surface area contributed by atoms with Gasteiger partial charge in [0.2, 0.25) is 5.91 Å². The van der Waals surface area contributed by atoms with Crippen LogP contribution in [0.3, 0.4) is 0 Å². The number of rotatable bonds is 5. The first-order chi connectivity index (χ1) is 12.4. The van der Waals surface area contributed by atoms with Crippen LogP contribution in [0, 0.1) is 0 Å². The lowest BCUT2D eigenvalue weighted by atomic mass is 10.0. The van der Waals surface area contributed by atoms with Gasteiger partial charge >= 0.3 is 12.1 Å². The summed E-state index contributed by atoms with van der Waals surface area (Å²) < 4.78 is 0. The maximum atomic E-state index is 12.6. The minimum atomic E-state index is -1.20. The standard InChI is InChI=1S/C16H16N4O4S2/c1-16(11-5-3-7-26-11)13(22)20(15(24)19-16)9-12(21)18-14(23)17-8-10-4-2-6-25-10/h2-7H,8-9H2,1H3,(H,19,24)(H2,17,18,21,23)/t16-/m0/s1. The number of thiophene rings is 2. The van der Waals surface area contributed by atoms with Crippen molar-refractivity contribution in [1.82, 2.24) is 20.9 Å². The van der Waals surface area contributed by atoms with Crippen molar-refractivity contribution >= 4 is 46.6 Å². The van der Waals surface area contributed by atoms with Crippen molar-refractivity contribution in [2.45, 2.75) is 19.0 Å². The third kappa shape index (κ3) is 3.60. The molecule has 0 spiro atoms. The van der Waals surface area contributed by atoms with Gasteiger partial charge < -0.3 is 10.6 Å². The number of nitrogens with zero attached hydrogens (tertiary/aromatic N) is 1. The van der Waals surface area contributed by atoms with Gasteiger partial charge in [-0.3, -0.25) is 19.8 Å². The van der Waals surface area contributed by atoms with Crippen molar-refractivity contribution in [3.05, 3.63) is 44.8 Å². The van der Waals surface area contributed by atoms with Crippen LogP contribution < -0.4 is 16.0 Å². The van der Waals surface area contributed by atoms with E-state index in [1.54, 1.807) is 24.4 Å². The minimum Gasteiger partial charge on any atom is -0.333 e. The molecular weight excluding hydrogens is 376 g/mol. The fourth-order valence-electron chi connectivity index (χ4n) is 2.51. The Bertz CT molecular complexity index is 835. The third-order valence-electron chi connectivity index (χ3n) is 3.85. The molecule has 1 aliphatic rings. The van der Waals surface area contributed by atoms with E-state index < -0.39 is 36.0 Å². The molecule has 1 atom stereocenters. The number of amides is 6. The number of nitrogens with one attached hydrogen (secondary N) is 3. The zero-order valence-corrected chi connectivity index (χ0v) is 15.4. The normalized spacial score (nSPS) is 19.3. The van der Waals surface area contributed by atoms with Crippen LogP contribution in [0.15, 0.2) is 35.0 Å². The molecule has 0 unspecified atom stereocenters. The number of carbonyl (C=O) groups excluding carboxylic acids is 4. The lowest BCUT2D eigenvalue weighted by Gasteiger charge is -2.19. The van der Waals surface area contributed by atoms with E-state index in [0.29, 0.717) is 4.88 Å². The summed E-state index contributed by atoms with van der Waals surface area (Å²) in [4.78, 5) is 50.9. The SMILES string of the molecule is C[C@@]1(c2cccs2)NC(=O)N(CC(=O)NC(=O)NCc2cccs2)C1=O. The molecular formula is C16H16N4O4S2. The smallest absolute Gasteiger partial charge is 0.325 e. The van der Waals surface area contributed by atoms with Crippen molar-refractivity contribution < 1.29 is 19.2 Å². The molecule has 1 aliphatic heterocycles. The average molecular weight is 392 g/mol. The minimum absolute atomic E-state index is 0.288. The van der Waals surface area contributed by atoms with E-state index >= 15 is 0 Å². The van der Waals surface area contributed by atoms with Crippen molar-refractivity contribution in [1.29, 1.82) is 0 Å². The average Bonchev–Trinajstić information content (AvgIpc) is 3.32. The van der Waals surface area contributed by atoms with Gasteiger partial charge in [-0.05, 0) is 29.8 Å². The lowest BCUT2D eigenvalue weighted by molar-refractivity contribution is -0.134. The Hall–Kier alpha value is -2.72. The molecule has 136 valence electrons. The predicted octanol–water partition coefficient (Wildman–Crippen LogP) is 1.60.